The van der Waals surface area contributed by atoms with Crippen molar-refractivity contribution >= 4 is 29.1 Å². The Labute approximate surface area is 199 Å². The van der Waals surface area contributed by atoms with Crippen molar-refractivity contribution in [2.24, 2.45) is 0 Å². The third kappa shape index (κ3) is 4.42. The topological polar surface area (TPSA) is 132 Å². The number of carbonyl (C=O) groups excluding carboxylic acids is 3. The highest BCUT2D eigenvalue weighted by molar-refractivity contribution is 6.02. The molecule has 0 radical (unpaired) electrons. The maximum absolute atomic E-state index is 13.0. The molecule has 5 rings (SSSR count). The molecule has 3 heterocycles. The average Bonchev–Trinajstić information content (AvgIpc) is 2.89. The van der Waals surface area contributed by atoms with Crippen molar-refractivity contribution in [1.82, 2.24) is 9.80 Å². The second-order valence-corrected chi connectivity index (χ2v) is 8.25. The molecular formula is C23H22N4O8. The summed E-state index contributed by atoms with van der Waals surface area (Å²) in [5.74, 6) is 0.412. The van der Waals surface area contributed by atoms with Gasteiger partial charge >= 0.3 is 0 Å². The number of para-hydroxylation sites is 2. The van der Waals surface area contributed by atoms with E-state index in [1.54, 1.807) is 28.0 Å². The quantitative estimate of drug-likeness (QED) is 0.463. The van der Waals surface area contributed by atoms with Crippen molar-refractivity contribution in [2.45, 2.75) is 6.10 Å². The van der Waals surface area contributed by atoms with Crippen molar-refractivity contribution in [3.8, 4) is 17.2 Å². The smallest absolute Gasteiger partial charge is 0.271 e. The molecule has 1 atom stereocenters. The Kier molecular flexibility index (Phi) is 5.85. The van der Waals surface area contributed by atoms with Gasteiger partial charge in [-0.05, 0) is 18.2 Å². The minimum Gasteiger partial charge on any atom is -0.485 e. The number of amides is 3. The molecule has 2 aromatic carbocycles. The van der Waals surface area contributed by atoms with Crippen LogP contribution in [0, 0.1) is 10.1 Å². The number of piperazine rings is 1. The fourth-order valence-electron chi connectivity index (χ4n) is 4.23. The first-order valence-electron chi connectivity index (χ1n) is 11.1. The highest BCUT2D eigenvalue weighted by atomic mass is 16.6. The molecule has 0 bridgehead atoms. The molecule has 35 heavy (non-hydrogen) atoms. The summed E-state index contributed by atoms with van der Waals surface area (Å²) in [6.07, 6.45) is -0.759. The van der Waals surface area contributed by atoms with Gasteiger partial charge in [-0.3, -0.25) is 29.4 Å². The minimum absolute atomic E-state index is 0.111. The second kappa shape index (κ2) is 9.12. The zero-order chi connectivity index (χ0) is 24.5. The number of rotatable bonds is 4. The number of fused-ring (bicyclic) bond motifs is 2. The van der Waals surface area contributed by atoms with Gasteiger partial charge < -0.3 is 24.0 Å². The van der Waals surface area contributed by atoms with E-state index >= 15 is 0 Å². The number of hydrogen-bond donors (Lipinski definition) is 0. The number of hydrogen-bond acceptors (Lipinski definition) is 8. The van der Waals surface area contributed by atoms with Crippen LogP contribution in [0.25, 0.3) is 0 Å². The molecule has 1 fully saturated rings. The summed E-state index contributed by atoms with van der Waals surface area (Å²) >= 11 is 0. The maximum atomic E-state index is 13.0. The summed E-state index contributed by atoms with van der Waals surface area (Å²) in [4.78, 5) is 53.3. The van der Waals surface area contributed by atoms with Crippen LogP contribution in [0.3, 0.4) is 0 Å². The summed E-state index contributed by atoms with van der Waals surface area (Å²) in [5.41, 5.74) is -0.0181. The predicted octanol–water partition coefficient (Wildman–Crippen LogP) is 0.831. The number of nitro groups is 1. The van der Waals surface area contributed by atoms with Crippen LogP contribution >= 0.6 is 0 Å². The standard InChI is InChI=1S/C23H22N4O8/c28-21(12-26-16-11-15(27(31)32)5-6-17(16)34-14-22(26)29)24-7-9-25(10-8-24)23(30)20-13-33-18-3-1-2-4-19(18)35-20/h1-6,11,20H,7-10,12-14H2. The van der Waals surface area contributed by atoms with Gasteiger partial charge in [-0.2, -0.15) is 0 Å². The maximum Gasteiger partial charge on any atom is 0.271 e. The van der Waals surface area contributed by atoms with Crippen LogP contribution in [-0.4, -0.2) is 84.5 Å². The van der Waals surface area contributed by atoms with Gasteiger partial charge in [0.1, 0.15) is 18.9 Å². The van der Waals surface area contributed by atoms with Crippen LogP contribution in [0.4, 0.5) is 11.4 Å². The molecule has 12 heteroatoms. The molecule has 3 aliphatic heterocycles. The van der Waals surface area contributed by atoms with E-state index in [-0.39, 0.29) is 56.0 Å². The van der Waals surface area contributed by atoms with Crippen LogP contribution < -0.4 is 19.1 Å². The monoisotopic (exact) mass is 482 g/mol. The summed E-state index contributed by atoms with van der Waals surface area (Å²) in [6.45, 7) is 0.772. The Bertz CT molecular complexity index is 1190. The lowest BCUT2D eigenvalue weighted by Crippen LogP contribution is -2.56. The third-order valence-corrected chi connectivity index (χ3v) is 6.12. The fourth-order valence-corrected chi connectivity index (χ4v) is 4.23. The van der Waals surface area contributed by atoms with Crippen LogP contribution in [-0.2, 0) is 14.4 Å². The van der Waals surface area contributed by atoms with Crippen LogP contribution in [0.1, 0.15) is 0 Å². The fraction of sp³-hybridized carbons (Fsp3) is 0.348. The molecule has 1 saturated heterocycles. The number of anilines is 1. The van der Waals surface area contributed by atoms with Gasteiger partial charge in [0, 0.05) is 38.3 Å². The molecule has 0 spiro atoms. The Hall–Kier alpha value is -4.35. The van der Waals surface area contributed by atoms with E-state index in [0.29, 0.717) is 30.3 Å². The van der Waals surface area contributed by atoms with Crippen molar-refractivity contribution in [2.75, 3.05) is 50.8 Å². The van der Waals surface area contributed by atoms with Crippen molar-refractivity contribution < 1.29 is 33.5 Å². The van der Waals surface area contributed by atoms with Crippen molar-refractivity contribution in [3.05, 3.63) is 52.6 Å². The Morgan fingerprint density at radius 2 is 1.69 bits per heavy atom. The molecule has 182 valence electrons. The molecular weight excluding hydrogens is 460 g/mol. The van der Waals surface area contributed by atoms with Crippen LogP contribution in [0.15, 0.2) is 42.5 Å². The van der Waals surface area contributed by atoms with Gasteiger partial charge in [-0.1, -0.05) is 12.1 Å². The van der Waals surface area contributed by atoms with Gasteiger partial charge in [0.2, 0.25) is 12.0 Å². The Balaban J connectivity index is 1.20. The summed E-state index contributed by atoms with van der Waals surface area (Å²) in [7, 11) is 0. The Morgan fingerprint density at radius 1 is 0.971 bits per heavy atom. The first kappa shape index (κ1) is 22.4. The molecule has 0 aromatic heterocycles. The first-order valence-corrected chi connectivity index (χ1v) is 11.1. The van der Waals surface area contributed by atoms with Gasteiger partial charge in [-0.15, -0.1) is 0 Å². The molecule has 1 unspecified atom stereocenters. The summed E-state index contributed by atoms with van der Waals surface area (Å²) in [6, 6.07) is 11.1. The molecule has 12 nitrogen and oxygen atoms in total. The van der Waals surface area contributed by atoms with Gasteiger partial charge in [-0.25, -0.2) is 0 Å². The van der Waals surface area contributed by atoms with Crippen molar-refractivity contribution in [1.29, 1.82) is 0 Å². The largest absolute Gasteiger partial charge is 0.485 e. The first-order chi connectivity index (χ1) is 16.9. The van der Waals surface area contributed by atoms with Crippen LogP contribution in [0.2, 0.25) is 0 Å². The van der Waals surface area contributed by atoms with E-state index in [1.807, 2.05) is 6.07 Å². The van der Waals surface area contributed by atoms with Crippen molar-refractivity contribution in [3.63, 3.8) is 0 Å². The van der Waals surface area contributed by atoms with Crippen LogP contribution in [0.5, 0.6) is 17.2 Å². The number of nitrogens with zero attached hydrogens (tertiary/aromatic N) is 4. The lowest BCUT2D eigenvalue weighted by atomic mass is 10.2. The normalized spacial score (nSPS) is 19.0. The molecule has 3 aliphatic rings. The highest BCUT2D eigenvalue weighted by Gasteiger charge is 2.35. The molecule has 0 saturated carbocycles. The zero-order valence-corrected chi connectivity index (χ0v) is 18.6. The summed E-state index contributed by atoms with van der Waals surface area (Å²) in [5, 5.41) is 11.1. The van der Waals surface area contributed by atoms with E-state index in [2.05, 4.69) is 0 Å². The lowest BCUT2D eigenvalue weighted by Gasteiger charge is -2.38. The van der Waals surface area contributed by atoms with Gasteiger partial charge in [0.05, 0.1) is 10.6 Å². The lowest BCUT2D eigenvalue weighted by molar-refractivity contribution is -0.384. The Morgan fingerprint density at radius 3 is 2.43 bits per heavy atom. The van der Waals surface area contributed by atoms with Gasteiger partial charge in [0.15, 0.2) is 18.1 Å². The number of benzene rings is 2. The minimum atomic E-state index is -0.759. The molecule has 3 amide bonds. The molecule has 0 aliphatic carbocycles. The zero-order valence-electron chi connectivity index (χ0n) is 18.6. The van der Waals surface area contributed by atoms with E-state index in [4.69, 9.17) is 14.2 Å². The predicted molar refractivity (Wildman–Crippen MR) is 120 cm³/mol. The number of carbonyl (C=O) groups is 3. The summed E-state index contributed by atoms with van der Waals surface area (Å²) < 4.78 is 16.8. The number of non-ortho nitro benzene ring substituents is 1. The number of ether oxygens (including phenoxy) is 3. The third-order valence-electron chi connectivity index (χ3n) is 6.12. The molecule has 0 N–H and O–H groups in total. The van der Waals surface area contributed by atoms with E-state index in [1.165, 1.54) is 23.1 Å². The van der Waals surface area contributed by atoms with E-state index in [0.717, 1.165) is 0 Å². The van der Waals surface area contributed by atoms with E-state index < -0.39 is 16.9 Å². The highest BCUT2D eigenvalue weighted by Crippen LogP contribution is 2.35. The SMILES string of the molecule is O=C(CN1C(=O)COc2ccc([N+](=O)[O-])cc21)N1CCN(C(=O)C2COc3ccccc3O2)CC1. The second-order valence-electron chi connectivity index (χ2n) is 8.25. The molecule has 2 aromatic rings. The number of nitro benzene ring substituents is 1. The average molecular weight is 482 g/mol. The van der Waals surface area contributed by atoms with Gasteiger partial charge in [0.25, 0.3) is 17.5 Å². The van der Waals surface area contributed by atoms with E-state index in [9.17, 15) is 24.5 Å².